The Kier molecular flexibility index (Phi) is 13.9. The fraction of sp³-hybridized carbons (Fsp3) is 0.632. The molecule has 1 aliphatic carbocycles. The van der Waals surface area contributed by atoms with Crippen LogP contribution in [0.25, 0.3) is 10.9 Å². The molecular weight excluding hydrogens is 627 g/mol. The van der Waals surface area contributed by atoms with Gasteiger partial charge in [0, 0.05) is 29.5 Å². The number of aliphatic hydroxyl groups is 2. The van der Waals surface area contributed by atoms with Gasteiger partial charge >= 0.3 is 5.97 Å². The van der Waals surface area contributed by atoms with Gasteiger partial charge in [0.25, 0.3) is 0 Å². The number of nitrogens with zero attached hydrogens (tertiary/aromatic N) is 1. The second-order valence-corrected chi connectivity index (χ2v) is 14.8. The van der Waals surface area contributed by atoms with Gasteiger partial charge in [-0.2, -0.15) is 11.3 Å². The van der Waals surface area contributed by atoms with Crippen molar-refractivity contribution < 1.29 is 24.9 Å². The molecule has 2 fully saturated rings. The second-order valence-electron chi connectivity index (χ2n) is 14.0. The molecule has 10 heteroatoms. The number of aromatic hydroxyl groups is 1. The van der Waals surface area contributed by atoms with Crippen molar-refractivity contribution in [2.24, 2.45) is 11.8 Å². The van der Waals surface area contributed by atoms with Crippen LogP contribution in [-0.4, -0.2) is 70.5 Å². The van der Waals surface area contributed by atoms with Crippen LogP contribution in [0.2, 0.25) is 0 Å². The van der Waals surface area contributed by atoms with Gasteiger partial charge in [-0.1, -0.05) is 57.4 Å². The van der Waals surface area contributed by atoms with E-state index in [0.29, 0.717) is 41.1 Å². The number of nitrogens with one attached hydrogen (secondary N) is 2. The highest BCUT2D eigenvalue weighted by Crippen LogP contribution is 2.41. The predicted octanol–water partition coefficient (Wildman–Crippen LogP) is 6.37. The summed E-state index contributed by atoms with van der Waals surface area (Å²) in [5, 5.41) is 40.2. The highest BCUT2D eigenvalue weighted by Gasteiger charge is 2.47. The smallest absolute Gasteiger partial charge is 0.343 e. The van der Waals surface area contributed by atoms with Crippen molar-refractivity contribution in [2.45, 2.75) is 102 Å². The molecule has 264 valence electrons. The van der Waals surface area contributed by atoms with Gasteiger partial charge in [0.1, 0.15) is 5.75 Å². The van der Waals surface area contributed by atoms with E-state index in [1.807, 2.05) is 16.8 Å². The number of ether oxygens (including phenoxy) is 1. The number of carbonyl (C=O) groups excluding carboxylic acids is 1. The van der Waals surface area contributed by atoms with E-state index < -0.39 is 17.7 Å². The lowest BCUT2D eigenvalue weighted by Crippen LogP contribution is -2.45. The van der Waals surface area contributed by atoms with E-state index in [9.17, 15) is 24.9 Å². The molecule has 0 radical (unpaired) electrons. The first kappa shape index (κ1) is 36.5. The van der Waals surface area contributed by atoms with Crippen molar-refractivity contribution in [1.29, 1.82) is 0 Å². The number of pyridine rings is 1. The van der Waals surface area contributed by atoms with Crippen LogP contribution in [0, 0.1) is 11.8 Å². The number of likely N-dealkylation sites (tertiary alicyclic amines) is 1. The zero-order valence-electron chi connectivity index (χ0n) is 28.3. The Labute approximate surface area is 288 Å². The first-order chi connectivity index (χ1) is 23.4. The van der Waals surface area contributed by atoms with Crippen LogP contribution in [0.5, 0.6) is 5.75 Å². The number of carbonyl (C=O) groups is 1. The number of aromatic nitrogens is 1. The van der Waals surface area contributed by atoms with E-state index in [1.165, 1.54) is 62.0 Å². The first-order valence-electron chi connectivity index (χ1n) is 18.2. The lowest BCUT2D eigenvalue weighted by molar-refractivity contribution is -0.177. The minimum absolute atomic E-state index is 0.00168. The predicted molar refractivity (Wildman–Crippen MR) is 191 cm³/mol. The van der Waals surface area contributed by atoms with E-state index in [2.05, 4.69) is 15.2 Å². The summed E-state index contributed by atoms with van der Waals surface area (Å²) in [6, 6.07) is 8.14. The van der Waals surface area contributed by atoms with E-state index >= 15 is 0 Å². The van der Waals surface area contributed by atoms with E-state index in [-0.39, 0.29) is 17.2 Å². The summed E-state index contributed by atoms with van der Waals surface area (Å²) in [5.41, 5.74) is -0.0615. The SMILES string of the molecule is O=C(OCC1CCN(CCCCCCCCCNCC(O)c2ccc(O)c3[nH]c(=O)ccc23)CC1)C(O)(c1ccsc1)C1CCCCC1. The van der Waals surface area contributed by atoms with Crippen molar-refractivity contribution in [2.75, 3.05) is 39.3 Å². The van der Waals surface area contributed by atoms with Crippen LogP contribution in [0.15, 0.2) is 45.9 Å². The molecule has 2 atom stereocenters. The van der Waals surface area contributed by atoms with Gasteiger partial charge in [-0.25, -0.2) is 4.79 Å². The van der Waals surface area contributed by atoms with Crippen molar-refractivity contribution in [3.8, 4) is 5.75 Å². The minimum atomic E-state index is -1.52. The zero-order valence-corrected chi connectivity index (χ0v) is 29.2. The van der Waals surface area contributed by atoms with Gasteiger partial charge in [0.15, 0.2) is 5.60 Å². The van der Waals surface area contributed by atoms with E-state index in [0.717, 1.165) is 77.5 Å². The van der Waals surface area contributed by atoms with Crippen LogP contribution >= 0.6 is 11.3 Å². The summed E-state index contributed by atoms with van der Waals surface area (Å²) in [6.45, 7) is 4.88. The number of hydrogen-bond donors (Lipinski definition) is 5. The van der Waals surface area contributed by atoms with Crippen molar-refractivity contribution in [3.63, 3.8) is 0 Å². The van der Waals surface area contributed by atoms with Gasteiger partial charge in [-0.3, -0.25) is 4.79 Å². The first-order valence-corrected chi connectivity index (χ1v) is 19.2. The summed E-state index contributed by atoms with van der Waals surface area (Å²) in [5.74, 6) is -0.155. The number of rotatable bonds is 18. The molecule has 0 bridgehead atoms. The third kappa shape index (κ3) is 9.69. The Bertz CT molecular complexity index is 1460. The normalized spacial score (nSPS) is 18.5. The van der Waals surface area contributed by atoms with Crippen LogP contribution in [-0.2, 0) is 15.1 Å². The molecule has 3 heterocycles. The average molecular weight is 682 g/mol. The molecule has 1 aliphatic heterocycles. The molecule has 3 aromatic rings. The number of thiophene rings is 1. The zero-order chi connectivity index (χ0) is 33.8. The lowest BCUT2D eigenvalue weighted by atomic mass is 9.74. The lowest BCUT2D eigenvalue weighted by Gasteiger charge is -2.37. The molecule has 0 amide bonds. The number of phenolic OH excluding ortho intramolecular Hbond substituents is 1. The largest absolute Gasteiger partial charge is 0.506 e. The second kappa shape index (κ2) is 18.3. The van der Waals surface area contributed by atoms with E-state index in [4.69, 9.17) is 4.74 Å². The van der Waals surface area contributed by atoms with Gasteiger partial charge in [-0.15, -0.1) is 0 Å². The van der Waals surface area contributed by atoms with Crippen LogP contribution in [0.4, 0.5) is 0 Å². The third-order valence-corrected chi connectivity index (χ3v) is 11.2. The van der Waals surface area contributed by atoms with Crippen molar-refractivity contribution >= 4 is 28.2 Å². The number of aromatic amines is 1. The maximum Gasteiger partial charge on any atom is 0.343 e. The standard InChI is InChI=1S/C38H55N3O6S/c42-33-15-13-31(32-14-16-35(44)40-36(32)33)34(43)25-39-20-9-4-2-1-3-5-10-21-41-22-17-28(18-23-41)26-47-37(45)38(46,30-19-24-48-27-30)29-11-7-6-8-12-29/h13-16,19,24,27-29,34,39,42-43,46H,1-12,17-18,20-23,25-26H2,(H,40,44). The summed E-state index contributed by atoms with van der Waals surface area (Å²) < 4.78 is 5.84. The molecule has 5 rings (SSSR count). The monoisotopic (exact) mass is 681 g/mol. The number of esters is 1. The number of unbranched alkanes of at least 4 members (excludes halogenated alkanes) is 6. The Morgan fingerprint density at radius 2 is 1.71 bits per heavy atom. The Morgan fingerprint density at radius 1 is 0.979 bits per heavy atom. The summed E-state index contributed by atoms with van der Waals surface area (Å²) in [4.78, 5) is 30.1. The van der Waals surface area contributed by atoms with Gasteiger partial charge in [0.05, 0.1) is 18.2 Å². The number of piperidine rings is 1. The van der Waals surface area contributed by atoms with Gasteiger partial charge in [0.2, 0.25) is 5.56 Å². The fourth-order valence-corrected chi connectivity index (χ4v) is 8.28. The highest BCUT2D eigenvalue weighted by molar-refractivity contribution is 7.08. The summed E-state index contributed by atoms with van der Waals surface area (Å²) in [6.07, 6.45) is 14.8. The molecule has 2 aliphatic rings. The molecule has 1 aromatic carbocycles. The average Bonchev–Trinajstić information content (AvgIpc) is 3.66. The number of fused-ring (bicyclic) bond motifs is 1. The molecule has 5 N–H and O–H groups in total. The molecule has 1 saturated heterocycles. The topological polar surface area (TPSA) is 135 Å². The van der Waals surface area contributed by atoms with Crippen molar-refractivity contribution in [3.05, 3.63) is 62.6 Å². The van der Waals surface area contributed by atoms with Crippen LogP contribution in [0.3, 0.4) is 0 Å². The summed E-state index contributed by atoms with van der Waals surface area (Å²) in [7, 11) is 0. The molecule has 48 heavy (non-hydrogen) atoms. The maximum absolute atomic E-state index is 13.3. The Hall–Kier alpha value is -2.76. The number of phenols is 1. The molecule has 2 unspecified atom stereocenters. The Balaban J connectivity index is 0.879. The molecule has 0 spiro atoms. The van der Waals surface area contributed by atoms with Crippen LogP contribution < -0.4 is 10.9 Å². The minimum Gasteiger partial charge on any atom is -0.506 e. The van der Waals surface area contributed by atoms with Gasteiger partial charge < -0.3 is 35.3 Å². The molecular formula is C38H55N3O6S. The quantitative estimate of drug-likeness (QED) is 0.0772. The number of H-pyrrole nitrogens is 1. The van der Waals surface area contributed by atoms with Crippen LogP contribution in [0.1, 0.15) is 107 Å². The third-order valence-electron chi connectivity index (χ3n) is 10.6. The molecule has 1 saturated carbocycles. The number of benzene rings is 1. The maximum atomic E-state index is 13.3. The fourth-order valence-electron chi connectivity index (χ4n) is 7.57. The van der Waals surface area contributed by atoms with E-state index in [1.54, 1.807) is 12.1 Å². The molecule has 9 nitrogen and oxygen atoms in total. The Morgan fingerprint density at radius 3 is 2.44 bits per heavy atom. The molecule has 2 aromatic heterocycles. The highest BCUT2D eigenvalue weighted by atomic mass is 32.1. The number of hydrogen-bond acceptors (Lipinski definition) is 9. The van der Waals surface area contributed by atoms with Crippen molar-refractivity contribution in [1.82, 2.24) is 15.2 Å². The number of aliphatic hydroxyl groups excluding tert-OH is 1. The summed E-state index contributed by atoms with van der Waals surface area (Å²) >= 11 is 1.52. The van der Waals surface area contributed by atoms with Gasteiger partial charge in [-0.05, 0) is 105 Å².